The number of carbonyl (C=O) groups is 1. The summed E-state index contributed by atoms with van der Waals surface area (Å²) in [7, 11) is 0. The molecule has 25 heavy (non-hydrogen) atoms. The third-order valence-electron chi connectivity index (χ3n) is 4.58. The highest BCUT2D eigenvalue weighted by Gasteiger charge is 2.32. The molecule has 5 heteroatoms. The van der Waals surface area contributed by atoms with Gasteiger partial charge in [-0.1, -0.05) is 23.7 Å². The molecule has 0 unspecified atom stereocenters. The third-order valence-corrected chi connectivity index (χ3v) is 4.83. The molecule has 0 fully saturated rings. The SMILES string of the molecule is O=C(c1ccc(F)cc1)N1CCn2cccc2[C@@H]1c1ccc(Cl)cc1. The van der Waals surface area contributed by atoms with Gasteiger partial charge in [-0.3, -0.25) is 4.79 Å². The van der Waals surface area contributed by atoms with E-state index in [1.54, 1.807) is 0 Å². The monoisotopic (exact) mass is 354 g/mol. The summed E-state index contributed by atoms with van der Waals surface area (Å²) in [5.74, 6) is -0.453. The van der Waals surface area contributed by atoms with Crippen LogP contribution in [0.3, 0.4) is 0 Å². The second-order valence-corrected chi connectivity index (χ2v) is 6.52. The van der Waals surface area contributed by atoms with E-state index in [2.05, 4.69) is 4.57 Å². The van der Waals surface area contributed by atoms with Crippen molar-refractivity contribution in [2.45, 2.75) is 12.6 Å². The number of carbonyl (C=O) groups excluding carboxylic acids is 1. The lowest BCUT2D eigenvalue weighted by atomic mass is 9.99. The second kappa shape index (κ2) is 6.37. The van der Waals surface area contributed by atoms with Gasteiger partial charge in [0, 0.05) is 35.6 Å². The first-order valence-electron chi connectivity index (χ1n) is 8.10. The molecule has 2 heterocycles. The molecule has 3 aromatic rings. The van der Waals surface area contributed by atoms with Crippen molar-refractivity contribution in [2.75, 3.05) is 6.54 Å². The van der Waals surface area contributed by atoms with E-state index in [1.807, 2.05) is 47.5 Å². The topological polar surface area (TPSA) is 25.2 Å². The molecule has 3 nitrogen and oxygen atoms in total. The highest BCUT2D eigenvalue weighted by Crippen LogP contribution is 2.34. The number of nitrogens with zero attached hydrogens (tertiary/aromatic N) is 2. The summed E-state index contributed by atoms with van der Waals surface area (Å²) < 4.78 is 15.3. The summed E-state index contributed by atoms with van der Waals surface area (Å²) in [6.07, 6.45) is 2.03. The quantitative estimate of drug-likeness (QED) is 0.664. The maximum Gasteiger partial charge on any atom is 0.254 e. The number of aromatic nitrogens is 1. The Bertz CT molecular complexity index is 902. The predicted octanol–water partition coefficient (Wildman–Crippen LogP) is 4.53. The van der Waals surface area contributed by atoms with E-state index in [-0.39, 0.29) is 17.8 Å². The fourth-order valence-corrected chi connectivity index (χ4v) is 3.48. The average Bonchev–Trinajstić information content (AvgIpc) is 3.10. The Morgan fingerprint density at radius 3 is 2.44 bits per heavy atom. The minimum atomic E-state index is -0.349. The standard InChI is InChI=1S/C20H16ClFN2O/c21-16-7-3-14(4-8-16)19-18-2-1-11-23(18)12-13-24(19)20(25)15-5-9-17(22)10-6-15/h1-11,19H,12-13H2/t19-/m0/s1. The van der Waals surface area contributed by atoms with Crippen molar-refractivity contribution in [3.63, 3.8) is 0 Å². The van der Waals surface area contributed by atoms with Gasteiger partial charge in [-0.2, -0.15) is 0 Å². The molecule has 1 atom stereocenters. The van der Waals surface area contributed by atoms with E-state index in [1.165, 1.54) is 24.3 Å². The van der Waals surface area contributed by atoms with Crippen LogP contribution in [0.1, 0.15) is 27.7 Å². The van der Waals surface area contributed by atoms with Crippen LogP contribution in [0.5, 0.6) is 0 Å². The predicted molar refractivity (Wildman–Crippen MR) is 95.2 cm³/mol. The highest BCUT2D eigenvalue weighted by molar-refractivity contribution is 6.30. The van der Waals surface area contributed by atoms with Gasteiger partial charge in [0.15, 0.2) is 0 Å². The van der Waals surface area contributed by atoms with Crippen molar-refractivity contribution in [3.8, 4) is 0 Å². The molecule has 0 bridgehead atoms. The van der Waals surface area contributed by atoms with Crippen LogP contribution in [0, 0.1) is 5.82 Å². The number of halogens is 2. The molecule has 0 saturated heterocycles. The molecular formula is C20H16ClFN2O. The van der Waals surface area contributed by atoms with Crippen molar-refractivity contribution >= 4 is 17.5 Å². The number of hydrogen-bond donors (Lipinski definition) is 0. The Morgan fingerprint density at radius 2 is 1.72 bits per heavy atom. The molecule has 0 spiro atoms. The van der Waals surface area contributed by atoms with E-state index < -0.39 is 0 Å². The van der Waals surface area contributed by atoms with Crippen molar-refractivity contribution < 1.29 is 9.18 Å². The van der Waals surface area contributed by atoms with Gasteiger partial charge < -0.3 is 9.47 Å². The Hall–Kier alpha value is -2.59. The van der Waals surface area contributed by atoms with Crippen LogP contribution in [0.2, 0.25) is 5.02 Å². The van der Waals surface area contributed by atoms with Gasteiger partial charge in [0.25, 0.3) is 5.91 Å². The van der Waals surface area contributed by atoms with Crippen LogP contribution >= 0.6 is 11.6 Å². The third kappa shape index (κ3) is 2.94. The maximum absolute atomic E-state index is 13.2. The number of fused-ring (bicyclic) bond motifs is 1. The van der Waals surface area contributed by atoms with Crippen LogP contribution in [0.4, 0.5) is 4.39 Å². The molecule has 0 radical (unpaired) electrons. The van der Waals surface area contributed by atoms with E-state index >= 15 is 0 Å². The molecule has 0 aliphatic carbocycles. The lowest BCUT2D eigenvalue weighted by molar-refractivity contribution is 0.0664. The summed E-state index contributed by atoms with van der Waals surface area (Å²) in [6.45, 7) is 1.32. The van der Waals surface area contributed by atoms with Crippen LogP contribution in [0.25, 0.3) is 0 Å². The summed E-state index contributed by atoms with van der Waals surface area (Å²) in [4.78, 5) is 14.9. The molecule has 126 valence electrons. The number of benzene rings is 2. The zero-order valence-electron chi connectivity index (χ0n) is 13.4. The molecule has 1 aliphatic rings. The summed E-state index contributed by atoms with van der Waals surface area (Å²) >= 11 is 6.02. The van der Waals surface area contributed by atoms with Crippen molar-refractivity contribution in [1.29, 1.82) is 0 Å². The number of amides is 1. The van der Waals surface area contributed by atoms with Crippen molar-refractivity contribution in [1.82, 2.24) is 9.47 Å². The van der Waals surface area contributed by atoms with Gasteiger partial charge in [-0.25, -0.2) is 4.39 Å². The molecule has 1 aliphatic heterocycles. The number of hydrogen-bond acceptors (Lipinski definition) is 1. The minimum absolute atomic E-state index is 0.104. The molecule has 1 aromatic heterocycles. The van der Waals surface area contributed by atoms with E-state index in [4.69, 9.17) is 11.6 Å². The molecule has 0 saturated carbocycles. The largest absolute Gasteiger partial charge is 0.348 e. The second-order valence-electron chi connectivity index (χ2n) is 6.09. The van der Waals surface area contributed by atoms with Gasteiger partial charge in [0.2, 0.25) is 0 Å². The molecule has 1 amide bonds. The van der Waals surface area contributed by atoms with Crippen LogP contribution in [0.15, 0.2) is 66.9 Å². The van der Waals surface area contributed by atoms with Gasteiger partial charge in [-0.05, 0) is 54.1 Å². The minimum Gasteiger partial charge on any atom is -0.348 e. The van der Waals surface area contributed by atoms with E-state index in [0.29, 0.717) is 17.1 Å². The molecule has 4 rings (SSSR count). The van der Waals surface area contributed by atoms with Crippen LogP contribution < -0.4 is 0 Å². The summed E-state index contributed by atoms with van der Waals surface area (Å²) in [6, 6.07) is 17.1. The Labute approximate surface area is 150 Å². The normalized spacial score (nSPS) is 16.6. The summed E-state index contributed by atoms with van der Waals surface area (Å²) in [5, 5.41) is 0.659. The molecule has 0 N–H and O–H groups in total. The lowest BCUT2D eigenvalue weighted by Crippen LogP contribution is -2.42. The van der Waals surface area contributed by atoms with Gasteiger partial charge >= 0.3 is 0 Å². The Morgan fingerprint density at radius 1 is 1.00 bits per heavy atom. The smallest absolute Gasteiger partial charge is 0.254 e. The van der Waals surface area contributed by atoms with Crippen LogP contribution in [-0.4, -0.2) is 21.9 Å². The maximum atomic E-state index is 13.2. The Kier molecular flexibility index (Phi) is 4.06. The zero-order chi connectivity index (χ0) is 17.4. The fraction of sp³-hybridized carbons (Fsp3) is 0.150. The Balaban J connectivity index is 1.76. The number of rotatable bonds is 2. The fourth-order valence-electron chi connectivity index (χ4n) is 3.36. The first-order chi connectivity index (χ1) is 12.1. The summed E-state index contributed by atoms with van der Waals surface area (Å²) in [5.41, 5.74) is 2.55. The molecule has 2 aromatic carbocycles. The highest BCUT2D eigenvalue weighted by atomic mass is 35.5. The first kappa shape index (κ1) is 15.9. The first-order valence-corrected chi connectivity index (χ1v) is 8.48. The van der Waals surface area contributed by atoms with Gasteiger partial charge in [0.05, 0.1) is 6.04 Å². The van der Waals surface area contributed by atoms with Crippen LogP contribution in [-0.2, 0) is 6.54 Å². The lowest BCUT2D eigenvalue weighted by Gasteiger charge is -2.37. The molecular weight excluding hydrogens is 339 g/mol. The van der Waals surface area contributed by atoms with Crippen molar-refractivity contribution in [2.24, 2.45) is 0 Å². The van der Waals surface area contributed by atoms with Gasteiger partial charge in [0.1, 0.15) is 5.82 Å². The van der Waals surface area contributed by atoms with Crippen molar-refractivity contribution in [3.05, 3.63) is 94.5 Å². The average molecular weight is 355 g/mol. The van der Waals surface area contributed by atoms with E-state index in [9.17, 15) is 9.18 Å². The van der Waals surface area contributed by atoms with Gasteiger partial charge in [-0.15, -0.1) is 0 Å². The van der Waals surface area contributed by atoms with E-state index in [0.717, 1.165) is 17.8 Å². The zero-order valence-corrected chi connectivity index (χ0v) is 14.2.